The fraction of sp³-hybridized carbons (Fsp3) is 0.238. The van der Waals surface area contributed by atoms with E-state index in [4.69, 9.17) is 11.6 Å². The highest BCUT2D eigenvalue weighted by Gasteiger charge is 2.26. The maximum atomic E-state index is 13.4. The minimum atomic E-state index is -0.782. The Balaban J connectivity index is 1.90. The van der Waals surface area contributed by atoms with Crippen LogP contribution in [0, 0.1) is 5.82 Å². The monoisotopic (exact) mass is 428 g/mol. The van der Waals surface area contributed by atoms with Gasteiger partial charge in [-0.1, -0.05) is 29.8 Å². The van der Waals surface area contributed by atoms with Crippen LogP contribution >= 0.6 is 11.6 Å². The normalized spacial score (nSPS) is 13.6. The fourth-order valence-corrected chi connectivity index (χ4v) is 3.60. The van der Waals surface area contributed by atoms with Crippen molar-refractivity contribution >= 4 is 17.5 Å². The highest BCUT2D eigenvalue weighted by molar-refractivity contribution is 6.31. The number of hydrogen-bond donors (Lipinski definition) is 0. The summed E-state index contributed by atoms with van der Waals surface area (Å²) in [5.41, 5.74) is -1.09. The van der Waals surface area contributed by atoms with Gasteiger partial charge in [-0.2, -0.15) is 9.78 Å². The first kappa shape index (κ1) is 20.0. The average Bonchev–Trinajstić information content (AvgIpc) is 3.28. The molecule has 2 aromatic carbocycles. The molecule has 1 saturated heterocycles. The second kappa shape index (κ2) is 8.23. The number of aromatic nitrogens is 3. The first-order valence-corrected chi connectivity index (χ1v) is 9.86. The van der Waals surface area contributed by atoms with E-state index in [-0.39, 0.29) is 17.9 Å². The predicted molar refractivity (Wildman–Crippen MR) is 110 cm³/mol. The van der Waals surface area contributed by atoms with E-state index in [1.807, 2.05) is 0 Å². The summed E-state index contributed by atoms with van der Waals surface area (Å²) in [5, 5.41) is 4.46. The van der Waals surface area contributed by atoms with Crippen LogP contribution in [-0.2, 0) is 6.54 Å². The van der Waals surface area contributed by atoms with Crippen LogP contribution in [0.5, 0.6) is 0 Å². The molecule has 154 valence electrons. The molecule has 1 aliphatic heterocycles. The summed E-state index contributed by atoms with van der Waals surface area (Å²) in [6, 6.07) is 11.9. The van der Waals surface area contributed by atoms with Gasteiger partial charge >= 0.3 is 5.69 Å². The zero-order chi connectivity index (χ0) is 21.3. The lowest BCUT2D eigenvalue weighted by atomic mass is 10.2. The van der Waals surface area contributed by atoms with Crippen molar-refractivity contribution in [1.82, 2.24) is 19.2 Å². The van der Waals surface area contributed by atoms with Gasteiger partial charge in [0.15, 0.2) is 0 Å². The van der Waals surface area contributed by atoms with Gasteiger partial charge in [-0.05, 0) is 48.7 Å². The first-order valence-electron chi connectivity index (χ1n) is 9.48. The van der Waals surface area contributed by atoms with E-state index < -0.39 is 23.0 Å². The Morgan fingerprint density at radius 3 is 2.37 bits per heavy atom. The lowest BCUT2D eigenvalue weighted by molar-refractivity contribution is 0.0781. The molecule has 0 radical (unpaired) electrons. The van der Waals surface area contributed by atoms with Crippen molar-refractivity contribution in [1.29, 1.82) is 0 Å². The van der Waals surface area contributed by atoms with Gasteiger partial charge in [-0.25, -0.2) is 9.18 Å². The second-order valence-corrected chi connectivity index (χ2v) is 7.41. The van der Waals surface area contributed by atoms with Gasteiger partial charge < -0.3 is 4.90 Å². The first-order chi connectivity index (χ1) is 14.5. The number of amides is 1. The van der Waals surface area contributed by atoms with E-state index in [9.17, 15) is 18.8 Å². The molecule has 0 atom stereocenters. The van der Waals surface area contributed by atoms with Gasteiger partial charge in [0.1, 0.15) is 5.82 Å². The molecule has 1 fully saturated rings. The van der Waals surface area contributed by atoms with Gasteiger partial charge in [0.2, 0.25) is 5.69 Å². The van der Waals surface area contributed by atoms with Crippen LogP contribution in [0.15, 0.2) is 58.1 Å². The van der Waals surface area contributed by atoms with E-state index in [1.54, 1.807) is 29.2 Å². The minimum absolute atomic E-state index is 0.124. The third-order valence-electron chi connectivity index (χ3n) is 5.01. The van der Waals surface area contributed by atoms with Crippen molar-refractivity contribution < 1.29 is 9.18 Å². The smallest absolute Gasteiger partial charge is 0.337 e. The Morgan fingerprint density at radius 1 is 1.03 bits per heavy atom. The molecule has 7 nitrogen and oxygen atoms in total. The van der Waals surface area contributed by atoms with Crippen molar-refractivity contribution in [3.05, 3.63) is 91.5 Å². The Hall–Kier alpha value is -3.26. The molecule has 1 aliphatic rings. The lowest BCUT2D eigenvalue weighted by Crippen LogP contribution is -2.46. The predicted octanol–water partition coefficient (Wildman–Crippen LogP) is 2.47. The zero-order valence-corrected chi connectivity index (χ0v) is 16.7. The zero-order valence-electron chi connectivity index (χ0n) is 15.9. The van der Waals surface area contributed by atoms with Crippen molar-refractivity contribution in [2.45, 2.75) is 19.4 Å². The number of likely N-dealkylation sites (tertiary alicyclic amines) is 1. The molecule has 1 aromatic heterocycles. The standard InChI is InChI=1S/C21H18ClFN4O3/c22-17-6-2-1-5-14(17)13-26-20(29)18(19(28)25-11-3-4-12-25)24-27(21(26)30)16-9-7-15(23)8-10-16/h1-2,5-10H,3-4,11-13H2. The molecule has 0 aliphatic carbocycles. The van der Waals surface area contributed by atoms with Gasteiger partial charge in [-0.15, -0.1) is 0 Å². The number of rotatable bonds is 4. The maximum absolute atomic E-state index is 13.4. The summed E-state index contributed by atoms with van der Waals surface area (Å²) >= 11 is 6.20. The van der Waals surface area contributed by atoms with Crippen LogP contribution in [-0.4, -0.2) is 38.2 Å². The number of carbonyl (C=O) groups excluding carboxylic acids is 1. The molecular weight excluding hydrogens is 411 g/mol. The summed E-state index contributed by atoms with van der Waals surface area (Å²) in [6.07, 6.45) is 1.69. The lowest BCUT2D eigenvalue weighted by Gasteiger charge is -2.17. The van der Waals surface area contributed by atoms with Gasteiger partial charge in [0, 0.05) is 18.1 Å². The third-order valence-corrected chi connectivity index (χ3v) is 5.38. The molecule has 0 N–H and O–H groups in total. The number of carbonyl (C=O) groups is 1. The molecule has 2 heterocycles. The van der Waals surface area contributed by atoms with Crippen molar-refractivity contribution in [2.24, 2.45) is 0 Å². The van der Waals surface area contributed by atoms with Crippen LogP contribution in [0.1, 0.15) is 28.9 Å². The number of hydrogen-bond acceptors (Lipinski definition) is 4. The van der Waals surface area contributed by atoms with E-state index in [2.05, 4.69) is 5.10 Å². The molecule has 3 aromatic rings. The Morgan fingerprint density at radius 2 is 1.70 bits per heavy atom. The van der Waals surface area contributed by atoms with Crippen molar-refractivity contribution in [3.63, 3.8) is 0 Å². The van der Waals surface area contributed by atoms with Gasteiger partial charge in [-0.3, -0.25) is 14.2 Å². The largest absolute Gasteiger partial charge is 0.352 e. The van der Waals surface area contributed by atoms with Crippen molar-refractivity contribution in [3.8, 4) is 5.69 Å². The van der Waals surface area contributed by atoms with E-state index in [1.165, 1.54) is 24.3 Å². The van der Waals surface area contributed by atoms with Crippen LogP contribution in [0.4, 0.5) is 4.39 Å². The number of nitrogens with zero attached hydrogens (tertiary/aromatic N) is 4. The second-order valence-electron chi connectivity index (χ2n) is 7.00. The van der Waals surface area contributed by atoms with Crippen LogP contribution < -0.4 is 11.2 Å². The molecular formula is C21H18ClFN4O3. The Bertz CT molecular complexity index is 1210. The van der Waals surface area contributed by atoms with Crippen LogP contribution in [0.25, 0.3) is 5.69 Å². The number of halogens is 2. The molecule has 9 heteroatoms. The highest BCUT2D eigenvalue weighted by Crippen LogP contribution is 2.16. The topological polar surface area (TPSA) is 77.2 Å². The summed E-state index contributed by atoms with van der Waals surface area (Å²) < 4.78 is 15.2. The Kier molecular flexibility index (Phi) is 5.50. The van der Waals surface area contributed by atoms with E-state index >= 15 is 0 Å². The quantitative estimate of drug-likeness (QED) is 0.639. The molecule has 0 saturated carbocycles. The minimum Gasteiger partial charge on any atom is -0.337 e. The number of benzene rings is 2. The molecule has 0 bridgehead atoms. The average molecular weight is 429 g/mol. The van der Waals surface area contributed by atoms with Gasteiger partial charge in [0.25, 0.3) is 11.5 Å². The van der Waals surface area contributed by atoms with Gasteiger partial charge in [0.05, 0.1) is 12.2 Å². The van der Waals surface area contributed by atoms with Crippen LogP contribution in [0.2, 0.25) is 5.02 Å². The summed E-state index contributed by atoms with van der Waals surface area (Å²) in [5.74, 6) is -1.01. The summed E-state index contributed by atoms with van der Waals surface area (Å²) in [6.45, 7) is 0.932. The highest BCUT2D eigenvalue weighted by atomic mass is 35.5. The Labute approximate surface area is 175 Å². The molecule has 30 heavy (non-hydrogen) atoms. The maximum Gasteiger partial charge on any atom is 0.352 e. The third kappa shape index (κ3) is 3.78. The molecule has 0 unspecified atom stereocenters. The molecule has 1 amide bonds. The van der Waals surface area contributed by atoms with E-state index in [0.717, 1.165) is 22.1 Å². The fourth-order valence-electron chi connectivity index (χ4n) is 3.41. The van der Waals surface area contributed by atoms with Crippen molar-refractivity contribution in [2.75, 3.05) is 13.1 Å². The van der Waals surface area contributed by atoms with E-state index in [0.29, 0.717) is 23.7 Å². The summed E-state index contributed by atoms with van der Waals surface area (Å²) in [4.78, 5) is 40.6. The summed E-state index contributed by atoms with van der Waals surface area (Å²) in [7, 11) is 0. The SMILES string of the molecule is O=C(c1nn(-c2ccc(F)cc2)c(=O)n(Cc2ccccc2Cl)c1=O)N1CCCC1. The molecule has 0 spiro atoms. The molecule has 4 rings (SSSR count). The van der Waals surface area contributed by atoms with Crippen LogP contribution in [0.3, 0.4) is 0 Å².